The lowest BCUT2D eigenvalue weighted by molar-refractivity contribution is -0.136. The Morgan fingerprint density at radius 1 is 0.810 bits per heavy atom. The minimum atomic E-state index is -0.898. The normalized spacial score (nSPS) is 13.4. The first kappa shape index (κ1) is 44.9. The maximum absolute atomic E-state index is 13.0. The number of nitrogens with two attached hydrogens (primary N) is 1. The molecule has 2 heterocycles. The number of hydrogen-bond acceptors (Lipinski definition) is 9. The minimum Gasteiger partial charge on any atom is -0.445 e. The highest BCUT2D eigenvalue weighted by Crippen LogP contribution is 2.25. The summed E-state index contributed by atoms with van der Waals surface area (Å²) in [5.74, 6) is -1.64. The van der Waals surface area contributed by atoms with Crippen molar-refractivity contribution in [1.29, 1.82) is 0 Å². The van der Waals surface area contributed by atoms with Gasteiger partial charge in [0.05, 0.1) is 5.52 Å². The Kier molecular flexibility index (Phi) is 17.7. The smallest absolute Gasteiger partial charge is 0.407 e. The van der Waals surface area contributed by atoms with Gasteiger partial charge in [-0.3, -0.25) is 28.9 Å². The first-order valence-electron chi connectivity index (χ1n) is 20.5. The van der Waals surface area contributed by atoms with Gasteiger partial charge in [0.1, 0.15) is 24.5 Å². The van der Waals surface area contributed by atoms with Gasteiger partial charge in [-0.25, -0.2) is 9.78 Å². The van der Waals surface area contributed by atoms with Crippen LogP contribution < -0.4 is 27.0 Å². The summed E-state index contributed by atoms with van der Waals surface area (Å²) in [7, 11) is 0. The number of aromatic nitrogens is 1. The van der Waals surface area contributed by atoms with Crippen LogP contribution in [0.5, 0.6) is 0 Å². The van der Waals surface area contributed by atoms with E-state index in [2.05, 4.69) is 45.3 Å². The number of imide groups is 1. The SMILES string of the molecule is CCCCCc1cc2c(CCCCCNC(=O)OCc3ccc(NC(=O)[C@H](C)NC(=O)[C@@H](NC(=O)CCCCN4C(=O)C=CC4=O)C(C)C)cc3)cccc2nc1N. The molecule has 0 bridgehead atoms. The van der Waals surface area contributed by atoms with Gasteiger partial charge in [0.2, 0.25) is 17.7 Å². The maximum atomic E-state index is 13.0. The lowest BCUT2D eigenvalue weighted by Crippen LogP contribution is -2.53. The van der Waals surface area contributed by atoms with Crippen LogP contribution >= 0.6 is 0 Å². The number of pyridine rings is 1. The average Bonchev–Trinajstić information content (AvgIpc) is 3.52. The van der Waals surface area contributed by atoms with Crippen molar-refractivity contribution in [2.24, 2.45) is 5.92 Å². The van der Waals surface area contributed by atoms with Crippen LogP contribution in [0.2, 0.25) is 0 Å². The minimum absolute atomic E-state index is 0.0597. The standard InChI is InChI=1S/C44H59N7O7/c1-5-6-8-15-33-27-35-32(16-13-17-36(35)49-41(33)45)14-9-7-11-25-46-44(57)58-28-31-19-21-34(22-20-31)48-42(55)30(4)47-43(56)40(29(2)3)50-37(52)18-10-12-26-51-38(53)23-24-39(51)54/h13,16-17,19-24,27,29-30,40H,5-12,14-15,18,25-26,28H2,1-4H3,(H2,45,49)(H,46,57)(H,47,56)(H,48,55)(H,50,52)/t30-,40-/m0/s1. The topological polar surface area (TPSA) is 202 Å². The van der Waals surface area contributed by atoms with Gasteiger partial charge in [0.15, 0.2) is 0 Å². The number of hydrogen-bond donors (Lipinski definition) is 5. The highest BCUT2D eigenvalue weighted by atomic mass is 16.5. The van der Waals surface area contributed by atoms with E-state index >= 15 is 0 Å². The second-order valence-corrected chi connectivity index (χ2v) is 15.1. The summed E-state index contributed by atoms with van der Waals surface area (Å²) in [6, 6.07) is 13.5. The average molecular weight is 798 g/mol. The molecule has 4 rings (SSSR count). The molecule has 14 heteroatoms. The molecule has 3 aromatic rings. The van der Waals surface area contributed by atoms with Crippen molar-refractivity contribution in [2.75, 3.05) is 24.1 Å². The van der Waals surface area contributed by atoms with Crippen LogP contribution in [0.15, 0.2) is 60.7 Å². The quantitative estimate of drug-likeness (QED) is 0.0575. The molecule has 0 unspecified atom stereocenters. The van der Waals surface area contributed by atoms with Crippen LogP contribution in [0.3, 0.4) is 0 Å². The Balaban J connectivity index is 1.10. The summed E-state index contributed by atoms with van der Waals surface area (Å²) in [4.78, 5) is 80.0. The zero-order chi connectivity index (χ0) is 42.0. The summed E-state index contributed by atoms with van der Waals surface area (Å²) in [5, 5.41) is 12.1. The largest absolute Gasteiger partial charge is 0.445 e. The number of nitrogens with zero attached hydrogens (tertiary/aromatic N) is 2. The Morgan fingerprint density at radius 2 is 1.52 bits per heavy atom. The molecule has 1 aromatic heterocycles. The van der Waals surface area contributed by atoms with E-state index in [9.17, 15) is 28.8 Å². The molecule has 14 nitrogen and oxygen atoms in total. The molecular formula is C44H59N7O7. The van der Waals surface area contributed by atoms with E-state index in [1.807, 2.05) is 12.1 Å². The molecule has 0 fully saturated rings. The second-order valence-electron chi connectivity index (χ2n) is 15.1. The third-order valence-electron chi connectivity index (χ3n) is 10.0. The van der Waals surface area contributed by atoms with E-state index in [1.54, 1.807) is 45.0 Å². The lowest BCUT2D eigenvalue weighted by Gasteiger charge is -2.24. The van der Waals surface area contributed by atoms with Crippen LogP contribution in [0.4, 0.5) is 16.3 Å². The molecule has 6 amide bonds. The van der Waals surface area contributed by atoms with Crippen molar-refractivity contribution in [3.8, 4) is 0 Å². The first-order chi connectivity index (χ1) is 27.9. The Morgan fingerprint density at radius 3 is 2.22 bits per heavy atom. The summed E-state index contributed by atoms with van der Waals surface area (Å²) in [6.45, 7) is 8.10. The Hall–Kier alpha value is -5.79. The molecule has 0 spiro atoms. The van der Waals surface area contributed by atoms with Crippen molar-refractivity contribution in [2.45, 2.75) is 117 Å². The summed E-state index contributed by atoms with van der Waals surface area (Å²) in [5.41, 5.74) is 10.8. The second kappa shape index (κ2) is 22.8. The van der Waals surface area contributed by atoms with E-state index in [0.29, 0.717) is 30.9 Å². The van der Waals surface area contributed by atoms with Gasteiger partial charge in [-0.05, 0) is 98.7 Å². The Bertz CT molecular complexity index is 1910. The van der Waals surface area contributed by atoms with Crippen LogP contribution in [0.25, 0.3) is 10.9 Å². The van der Waals surface area contributed by atoms with Crippen molar-refractivity contribution in [3.05, 3.63) is 77.4 Å². The van der Waals surface area contributed by atoms with Gasteiger partial charge in [0, 0.05) is 42.7 Å². The van der Waals surface area contributed by atoms with E-state index in [4.69, 9.17) is 10.5 Å². The van der Waals surface area contributed by atoms with Crippen molar-refractivity contribution < 1.29 is 33.5 Å². The first-order valence-corrected chi connectivity index (χ1v) is 20.5. The summed E-state index contributed by atoms with van der Waals surface area (Å²) in [6.07, 6.45) is 11.0. The van der Waals surface area contributed by atoms with Crippen LogP contribution in [0, 0.1) is 5.92 Å². The van der Waals surface area contributed by atoms with E-state index in [0.717, 1.165) is 71.9 Å². The number of carbonyl (C=O) groups excluding carboxylic acids is 6. The zero-order valence-corrected chi connectivity index (χ0v) is 34.2. The third kappa shape index (κ3) is 14.0. The van der Waals surface area contributed by atoms with Gasteiger partial charge in [-0.1, -0.05) is 64.3 Å². The van der Waals surface area contributed by atoms with Gasteiger partial charge >= 0.3 is 6.09 Å². The maximum Gasteiger partial charge on any atom is 0.407 e. The molecule has 1 aliphatic rings. The number of benzene rings is 2. The molecular weight excluding hydrogens is 739 g/mol. The fourth-order valence-corrected chi connectivity index (χ4v) is 6.60. The summed E-state index contributed by atoms with van der Waals surface area (Å²) >= 11 is 0. The monoisotopic (exact) mass is 797 g/mol. The number of fused-ring (bicyclic) bond motifs is 1. The Labute approximate surface area is 341 Å². The van der Waals surface area contributed by atoms with Crippen LogP contribution in [-0.2, 0) is 48.2 Å². The van der Waals surface area contributed by atoms with E-state index < -0.39 is 30.0 Å². The highest BCUT2D eigenvalue weighted by Gasteiger charge is 2.27. The molecule has 0 radical (unpaired) electrons. The molecule has 1 aliphatic heterocycles. The van der Waals surface area contributed by atoms with E-state index in [1.165, 1.54) is 24.1 Å². The summed E-state index contributed by atoms with van der Waals surface area (Å²) < 4.78 is 5.38. The zero-order valence-electron chi connectivity index (χ0n) is 34.2. The number of carbonyl (C=O) groups is 6. The third-order valence-corrected chi connectivity index (χ3v) is 10.0. The predicted molar refractivity (Wildman–Crippen MR) is 224 cm³/mol. The molecule has 2 atom stereocenters. The van der Waals surface area contributed by atoms with Crippen molar-refractivity contribution >= 4 is 58.0 Å². The fourth-order valence-electron chi connectivity index (χ4n) is 6.60. The van der Waals surface area contributed by atoms with Gasteiger partial charge in [0.25, 0.3) is 11.8 Å². The van der Waals surface area contributed by atoms with E-state index in [-0.39, 0.29) is 43.2 Å². The number of amides is 6. The predicted octanol–water partition coefficient (Wildman–Crippen LogP) is 5.87. The van der Waals surface area contributed by atoms with Crippen molar-refractivity contribution in [1.82, 2.24) is 25.8 Å². The molecule has 6 N–H and O–H groups in total. The molecule has 0 saturated carbocycles. The number of aryl methyl sites for hydroxylation is 2. The lowest BCUT2D eigenvalue weighted by atomic mass is 9.99. The number of ether oxygens (including phenoxy) is 1. The fraction of sp³-hybridized carbons (Fsp3) is 0.477. The van der Waals surface area contributed by atoms with Gasteiger partial charge in [-0.15, -0.1) is 0 Å². The number of anilines is 2. The molecule has 0 aliphatic carbocycles. The molecule has 0 saturated heterocycles. The van der Waals surface area contributed by atoms with Gasteiger partial charge < -0.3 is 31.7 Å². The molecule has 312 valence electrons. The molecule has 2 aromatic carbocycles. The number of rotatable bonds is 23. The van der Waals surface area contributed by atoms with Crippen molar-refractivity contribution in [3.63, 3.8) is 0 Å². The number of nitrogens with one attached hydrogen (secondary N) is 4. The van der Waals surface area contributed by atoms with Crippen LogP contribution in [-0.4, -0.2) is 70.7 Å². The van der Waals surface area contributed by atoms with Gasteiger partial charge in [-0.2, -0.15) is 0 Å². The number of nitrogen functional groups attached to an aromatic ring is 1. The highest BCUT2D eigenvalue weighted by molar-refractivity contribution is 6.12. The number of alkyl carbamates (subject to hydrolysis) is 1. The molecule has 58 heavy (non-hydrogen) atoms. The number of unbranched alkanes of at least 4 members (excludes halogenated alkanes) is 5. The van der Waals surface area contributed by atoms with Crippen LogP contribution in [0.1, 0.15) is 102 Å².